The molecule has 1 N–H and O–H groups in total. The Labute approximate surface area is 140 Å². The smallest absolute Gasteiger partial charge is 0.280 e. The molecule has 0 aromatic heterocycles. The van der Waals surface area contributed by atoms with Crippen LogP contribution in [0.15, 0.2) is 65.3 Å². The number of amides is 2. The third-order valence-corrected chi connectivity index (χ3v) is 3.61. The minimum atomic E-state index is -0.148. The van der Waals surface area contributed by atoms with Gasteiger partial charge >= 0.3 is 0 Å². The number of anilines is 2. The normalized spacial score (nSPS) is 15.6. The zero-order valence-electron chi connectivity index (χ0n) is 13.5. The standard InChI is InChI=1S/C19H17N3O2/c1-13-18(12-15-8-10-16(11-9-15)20-14(2)23)19(24)22(21-13)17-6-4-3-5-7-17/h3-12H,1-2H3,(H,20,23)/b18-12+. The first-order valence-corrected chi connectivity index (χ1v) is 7.59. The topological polar surface area (TPSA) is 61.8 Å². The molecule has 0 unspecified atom stereocenters. The molecule has 0 saturated carbocycles. The van der Waals surface area contributed by atoms with Crippen LogP contribution in [0.25, 0.3) is 6.08 Å². The van der Waals surface area contributed by atoms with Crippen molar-refractivity contribution in [1.29, 1.82) is 0 Å². The molecule has 2 amide bonds. The van der Waals surface area contributed by atoms with Gasteiger partial charge < -0.3 is 5.32 Å². The van der Waals surface area contributed by atoms with Crippen LogP contribution in [-0.4, -0.2) is 17.5 Å². The Bertz CT molecular complexity index is 837. The Balaban J connectivity index is 1.84. The fourth-order valence-corrected chi connectivity index (χ4v) is 2.46. The SMILES string of the molecule is CC(=O)Nc1ccc(/C=C2/C(=O)N(c3ccccc3)N=C2C)cc1. The van der Waals surface area contributed by atoms with Crippen molar-refractivity contribution in [3.63, 3.8) is 0 Å². The first-order valence-electron chi connectivity index (χ1n) is 7.59. The molecule has 1 aliphatic heterocycles. The van der Waals surface area contributed by atoms with Gasteiger partial charge in [-0.2, -0.15) is 10.1 Å². The number of nitrogens with one attached hydrogen (secondary N) is 1. The van der Waals surface area contributed by atoms with Gasteiger partial charge in [-0.1, -0.05) is 30.3 Å². The third kappa shape index (κ3) is 3.25. The number of carbonyl (C=O) groups is 2. The molecule has 5 nitrogen and oxygen atoms in total. The predicted molar refractivity (Wildman–Crippen MR) is 95.8 cm³/mol. The van der Waals surface area contributed by atoms with E-state index in [1.807, 2.05) is 55.5 Å². The van der Waals surface area contributed by atoms with Crippen LogP contribution in [0.5, 0.6) is 0 Å². The molecule has 3 rings (SSSR count). The van der Waals surface area contributed by atoms with Crippen molar-refractivity contribution in [2.24, 2.45) is 5.10 Å². The zero-order chi connectivity index (χ0) is 17.1. The number of carbonyl (C=O) groups excluding carboxylic acids is 2. The fourth-order valence-electron chi connectivity index (χ4n) is 2.46. The Morgan fingerprint density at radius 1 is 1.08 bits per heavy atom. The van der Waals surface area contributed by atoms with Gasteiger partial charge in [0.05, 0.1) is 17.0 Å². The van der Waals surface area contributed by atoms with Gasteiger partial charge in [0.25, 0.3) is 5.91 Å². The molecule has 24 heavy (non-hydrogen) atoms. The van der Waals surface area contributed by atoms with Gasteiger partial charge in [0, 0.05) is 12.6 Å². The van der Waals surface area contributed by atoms with E-state index in [2.05, 4.69) is 10.4 Å². The van der Waals surface area contributed by atoms with Crippen molar-refractivity contribution in [1.82, 2.24) is 0 Å². The molecule has 1 heterocycles. The Kier molecular flexibility index (Phi) is 4.24. The summed E-state index contributed by atoms with van der Waals surface area (Å²) in [7, 11) is 0. The second kappa shape index (κ2) is 6.50. The van der Waals surface area contributed by atoms with Crippen molar-refractivity contribution >= 4 is 35.0 Å². The van der Waals surface area contributed by atoms with E-state index in [9.17, 15) is 9.59 Å². The molecular formula is C19H17N3O2. The molecule has 1 aliphatic rings. The van der Waals surface area contributed by atoms with Crippen LogP contribution in [0, 0.1) is 0 Å². The molecule has 0 bridgehead atoms. The van der Waals surface area contributed by atoms with E-state index in [4.69, 9.17) is 0 Å². The lowest BCUT2D eigenvalue weighted by atomic mass is 10.1. The van der Waals surface area contributed by atoms with E-state index in [-0.39, 0.29) is 11.8 Å². The average Bonchev–Trinajstić information content (AvgIpc) is 2.85. The Morgan fingerprint density at radius 3 is 2.38 bits per heavy atom. The van der Waals surface area contributed by atoms with Crippen LogP contribution < -0.4 is 10.3 Å². The minimum Gasteiger partial charge on any atom is -0.326 e. The summed E-state index contributed by atoms with van der Waals surface area (Å²) in [5.41, 5.74) is 3.57. The Hall–Kier alpha value is -3.21. The highest BCUT2D eigenvalue weighted by Crippen LogP contribution is 2.24. The lowest BCUT2D eigenvalue weighted by Crippen LogP contribution is -2.21. The van der Waals surface area contributed by atoms with E-state index in [1.54, 1.807) is 12.1 Å². The lowest BCUT2D eigenvalue weighted by Gasteiger charge is -2.11. The molecule has 2 aromatic rings. The van der Waals surface area contributed by atoms with Gasteiger partial charge in [-0.05, 0) is 42.8 Å². The van der Waals surface area contributed by atoms with E-state index >= 15 is 0 Å². The number of nitrogens with zero attached hydrogens (tertiary/aromatic N) is 2. The maximum absolute atomic E-state index is 12.6. The highest BCUT2D eigenvalue weighted by molar-refractivity contribution is 6.32. The molecule has 120 valence electrons. The highest BCUT2D eigenvalue weighted by atomic mass is 16.2. The van der Waals surface area contributed by atoms with Crippen LogP contribution in [-0.2, 0) is 9.59 Å². The second-order valence-electron chi connectivity index (χ2n) is 5.50. The largest absolute Gasteiger partial charge is 0.326 e. The van der Waals surface area contributed by atoms with E-state index in [0.717, 1.165) is 16.9 Å². The van der Waals surface area contributed by atoms with Crippen LogP contribution in [0.2, 0.25) is 0 Å². The molecule has 0 spiro atoms. The number of hydrogen-bond donors (Lipinski definition) is 1. The van der Waals surface area contributed by atoms with Gasteiger partial charge in [0.2, 0.25) is 5.91 Å². The average molecular weight is 319 g/mol. The number of hydrogen-bond acceptors (Lipinski definition) is 3. The zero-order valence-corrected chi connectivity index (χ0v) is 13.5. The molecule has 0 fully saturated rings. The van der Waals surface area contributed by atoms with Crippen LogP contribution >= 0.6 is 0 Å². The van der Waals surface area contributed by atoms with Crippen LogP contribution in [0.1, 0.15) is 19.4 Å². The molecule has 0 atom stereocenters. The molecule has 5 heteroatoms. The first kappa shape index (κ1) is 15.7. The third-order valence-electron chi connectivity index (χ3n) is 3.61. The predicted octanol–water partition coefficient (Wildman–Crippen LogP) is 3.45. The highest BCUT2D eigenvalue weighted by Gasteiger charge is 2.28. The van der Waals surface area contributed by atoms with Gasteiger partial charge in [-0.25, -0.2) is 0 Å². The summed E-state index contributed by atoms with van der Waals surface area (Å²) in [6, 6.07) is 16.6. The van der Waals surface area contributed by atoms with Gasteiger partial charge in [-0.15, -0.1) is 0 Å². The van der Waals surface area contributed by atoms with Gasteiger partial charge in [-0.3, -0.25) is 9.59 Å². The van der Waals surface area contributed by atoms with Crippen molar-refractivity contribution in [2.45, 2.75) is 13.8 Å². The fraction of sp³-hybridized carbons (Fsp3) is 0.105. The summed E-state index contributed by atoms with van der Waals surface area (Å²) >= 11 is 0. The summed E-state index contributed by atoms with van der Waals surface area (Å²) in [5, 5.41) is 8.47. The number of para-hydroxylation sites is 1. The minimum absolute atomic E-state index is 0.117. The summed E-state index contributed by atoms with van der Waals surface area (Å²) in [5.74, 6) is -0.266. The van der Waals surface area contributed by atoms with Crippen molar-refractivity contribution in [3.8, 4) is 0 Å². The van der Waals surface area contributed by atoms with E-state index in [0.29, 0.717) is 11.3 Å². The molecule has 2 aromatic carbocycles. The quantitative estimate of drug-likeness (QED) is 0.881. The van der Waals surface area contributed by atoms with Crippen LogP contribution in [0.3, 0.4) is 0 Å². The van der Waals surface area contributed by atoms with Crippen molar-refractivity contribution < 1.29 is 9.59 Å². The van der Waals surface area contributed by atoms with Crippen molar-refractivity contribution in [3.05, 3.63) is 65.7 Å². The summed E-state index contributed by atoms with van der Waals surface area (Å²) in [6.45, 7) is 3.28. The monoisotopic (exact) mass is 319 g/mol. The van der Waals surface area contributed by atoms with Crippen LogP contribution in [0.4, 0.5) is 11.4 Å². The van der Waals surface area contributed by atoms with Crippen molar-refractivity contribution in [2.75, 3.05) is 10.3 Å². The van der Waals surface area contributed by atoms with Gasteiger partial charge in [0.15, 0.2) is 0 Å². The second-order valence-corrected chi connectivity index (χ2v) is 5.50. The first-order chi connectivity index (χ1) is 11.5. The molecular weight excluding hydrogens is 302 g/mol. The van der Waals surface area contributed by atoms with E-state index in [1.165, 1.54) is 11.9 Å². The molecule has 0 saturated heterocycles. The number of benzene rings is 2. The maximum atomic E-state index is 12.6. The summed E-state index contributed by atoms with van der Waals surface area (Å²) < 4.78 is 0. The van der Waals surface area contributed by atoms with Gasteiger partial charge in [0.1, 0.15) is 0 Å². The van der Waals surface area contributed by atoms with E-state index < -0.39 is 0 Å². The number of rotatable bonds is 3. The molecule has 0 aliphatic carbocycles. The summed E-state index contributed by atoms with van der Waals surface area (Å²) in [4.78, 5) is 23.7. The molecule has 0 radical (unpaired) electrons. The lowest BCUT2D eigenvalue weighted by molar-refractivity contribution is -0.115. The Morgan fingerprint density at radius 2 is 1.75 bits per heavy atom. The summed E-state index contributed by atoms with van der Waals surface area (Å²) in [6.07, 6.45) is 1.81. The maximum Gasteiger partial charge on any atom is 0.280 e. The number of hydrazone groups is 1.